The van der Waals surface area contributed by atoms with Crippen molar-refractivity contribution in [1.82, 2.24) is 0 Å². The molecular weight excluding hydrogens is 422 g/mol. The molecule has 0 aromatic heterocycles. The van der Waals surface area contributed by atoms with Crippen LogP contribution in [0.2, 0.25) is 0 Å². The van der Waals surface area contributed by atoms with Crippen LogP contribution in [-0.4, -0.2) is 12.6 Å². The molecule has 33 heavy (non-hydrogen) atoms. The highest BCUT2D eigenvalue weighted by Crippen LogP contribution is 2.25. The number of ether oxygens (including phenoxy) is 2. The number of carbonyl (C=O) groups excluding carboxylic acids is 1. The van der Waals surface area contributed by atoms with Crippen molar-refractivity contribution >= 4 is 5.97 Å². The van der Waals surface area contributed by atoms with Gasteiger partial charge in [0.25, 0.3) is 0 Å². The molecule has 2 aromatic rings. The number of hydrogen-bond donors (Lipinski definition) is 0. The Bertz CT molecular complexity index is 834. The summed E-state index contributed by atoms with van der Waals surface area (Å²) in [5.74, 6) is -2.51. The summed E-state index contributed by atoms with van der Waals surface area (Å²) in [7, 11) is 0. The van der Waals surface area contributed by atoms with Gasteiger partial charge >= 0.3 is 5.97 Å². The topological polar surface area (TPSA) is 35.5 Å². The van der Waals surface area contributed by atoms with E-state index in [1.165, 1.54) is 37.8 Å². The lowest BCUT2D eigenvalue weighted by atomic mass is 10.0. The van der Waals surface area contributed by atoms with Crippen molar-refractivity contribution in [2.45, 2.75) is 90.9 Å². The third-order valence-corrected chi connectivity index (χ3v) is 5.74. The third kappa shape index (κ3) is 9.53. The van der Waals surface area contributed by atoms with E-state index in [4.69, 9.17) is 9.47 Å². The van der Waals surface area contributed by atoms with Crippen LogP contribution in [0.15, 0.2) is 36.4 Å². The number of esters is 1. The zero-order chi connectivity index (χ0) is 23.9. The van der Waals surface area contributed by atoms with Gasteiger partial charge in [-0.25, -0.2) is 9.18 Å². The predicted molar refractivity (Wildman–Crippen MR) is 129 cm³/mol. The van der Waals surface area contributed by atoms with Crippen molar-refractivity contribution in [3.05, 3.63) is 59.2 Å². The normalized spacial score (nSPS) is 10.9. The van der Waals surface area contributed by atoms with Gasteiger partial charge in [0.2, 0.25) is 5.82 Å². The Labute approximate surface area is 197 Å². The Morgan fingerprint density at radius 2 is 1.33 bits per heavy atom. The first-order chi connectivity index (χ1) is 16.1. The Kier molecular flexibility index (Phi) is 12.5. The average Bonchev–Trinajstić information content (AvgIpc) is 2.83. The van der Waals surface area contributed by atoms with Crippen LogP contribution in [0.1, 0.15) is 100 Å². The number of carbonyl (C=O) groups is 1. The van der Waals surface area contributed by atoms with E-state index in [0.717, 1.165) is 44.9 Å². The lowest BCUT2D eigenvalue weighted by molar-refractivity contribution is 0.0726. The zero-order valence-electron chi connectivity index (χ0n) is 20.1. The van der Waals surface area contributed by atoms with Gasteiger partial charge in [0, 0.05) is 0 Å². The van der Waals surface area contributed by atoms with Crippen LogP contribution < -0.4 is 9.47 Å². The molecule has 0 bridgehead atoms. The van der Waals surface area contributed by atoms with Crippen molar-refractivity contribution in [3.63, 3.8) is 0 Å². The van der Waals surface area contributed by atoms with Gasteiger partial charge in [0.1, 0.15) is 5.75 Å². The van der Waals surface area contributed by atoms with E-state index in [-0.39, 0.29) is 5.56 Å². The first-order valence-electron chi connectivity index (χ1n) is 12.5. The van der Waals surface area contributed by atoms with Crippen LogP contribution in [0.25, 0.3) is 0 Å². The van der Waals surface area contributed by atoms with E-state index >= 15 is 0 Å². The molecule has 0 N–H and O–H groups in total. The number of aryl methyl sites for hydroxylation is 1. The fraction of sp³-hybridized carbons (Fsp3) is 0.536. The maximum Gasteiger partial charge on any atom is 0.343 e. The summed E-state index contributed by atoms with van der Waals surface area (Å²) in [6.07, 6.45) is 12.8. The molecule has 2 rings (SSSR count). The SMILES string of the molecule is CCCCCCCCOc1ccc(C(=O)Oc2ccc(CCCCCCC)c(F)c2F)cc1. The Morgan fingerprint density at radius 3 is 2.00 bits per heavy atom. The monoisotopic (exact) mass is 460 g/mol. The fourth-order valence-electron chi connectivity index (χ4n) is 3.68. The van der Waals surface area contributed by atoms with E-state index in [2.05, 4.69) is 13.8 Å². The van der Waals surface area contributed by atoms with Crippen LogP contribution >= 0.6 is 0 Å². The summed E-state index contributed by atoms with van der Waals surface area (Å²) in [6, 6.07) is 9.34. The van der Waals surface area contributed by atoms with E-state index in [1.807, 2.05) is 0 Å². The van der Waals surface area contributed by atoms with Gasteiger partial charge in [-0.05, 0) is 55.2 Å². The summed E-state index contributed by atoms with van der Waals surface area (Å²) < 4.78 is 39.6. The molecule has 5 heteroatoms. The molecule has 0 aliphatic rings. The van der Waals surface area contributed by atoms with Crippen LogP contribution in [0.3, 0.4) is 0 Å². The summed E-state index contributed by atoms with van der Waals surface area (Å²) in [5.41, 5.74) is 0.567. The zero-order valence-corrected chi connectivity index (χ0v) is 20.1. The van der Waals surface area contributed by atoms with E-state index < -0.39 is 23.4 Å². The number of halogens is 2. The van der Waals surface area contributed by atoms with E-state index in [1.54, 1.807) is 24.3 Å². The molecule has 0 aliphatic heterocycles. The largest absolute Gasteiger partial charge is 0.494 e. The molecule has 0 aliphatic carbocycles. The van der Waals surface area contributed by atoms with Crippen LogP contribution in [0.4, 0.5) is 8.78 Å². The second kappa shape index (κ2) is 15.4. The van der Waals surface area contributed by atoms with Crippen LogP contribution in [-0.2, 0) is 6.42 Å². The summed E-state index contributed by atoms with van der Waals surface area (Å²) >= 11 is 0. The minimum Gasteiger partial charge on any atom is -0.494 e. The Morgan fingerprint density at radius 1 is 0.727 bits per heavy atom. The molecular formula is C28H38F2O3. The van der Waals surface area contributed by atoms with Crippen molar-refractivity contribution in [1.29, 1.82) is 0 Å². The van der Waals surface area contributed by atoms with Gasteiger partial charge in [-0.1, -0.05) is 77.7 Å². The summed E-state index contributed by atoms with van der Waals surface area (Å²) in [4.78, 5) is 12.4. The number of rotatable bonds is 16. The molecule has 0 spiro atoms. The second-order valence-corrected chi connectivity index (χ2v) is 8.55. The average molecular weight is 461 g/mol. The lowest BCUT2D eigenvalue weighted by Crippen LogP contribution is -2.11. The first kappa shape index (κ1) is 26.8. The van der Waals surface area contributed by atoms with Crippen molar-refractivity contribution in [3.8, 4) is 11.5 Å². The lowest BCUT2D eigenvalue weighted by Gasteiger charge is -2.10. The molecule has 0 saturated carbocycles. The van der Waals surface area contributed by atoms with Gasteiger partial charge in [-0.15, -0.1) is 0 Å². The van der Waals surface area contributed by atoms with Gasteiger partial charge in [0.05, 0.1) is 12.2 Å². The third-order valence-electron chi connectivity index (χ3n) is 5.74. The smallest absolute Gasteiger partial charge is 0.343 e. The molecule has 0 amide bonds. The Hall–Kier alpha value is -2.43. The first-order valence-corrected chi connectivity index (χ1v) is 12.5. The molecule has 0 atom stereocenters. The van der Waals surface area contributed by atoms with E-state index in [0.29, 0.717) is 24.3 Å². The minimum atomic E-state index is -1.12. The predicted octanol–water partition coefficient (Wildman–Crippen LogP) is 8.44. The number of benzene rings is 2. The van der Waals surface area contributed by atoms with Crippen molar-refractivity contribution < 1.29 is 23.0 Å². The highest BCUT2D eigenvalue weighted by atomic mass is 19.2. The minimum absolute atomic E-state index is 0.252. The van der Waals surface area contributed by atoms with Crippen molar-refractivity contribution in [2.75, 3.05) is 6.61 Å². The highest BCUT2D eigenvalue weighted by Gasteiger charge is 2.18. The van der Waals surface area contributed by atoms with E-state index in [9.17, 15) is 13.6 Å². The molecule has 182 valence electrons. The molecule has 0 saturated heterocycles. The molecule has 3 nitrogen and oxygen atoms in total. The number of hydrogen-bond acceptors (Lipinski definition) is 3. The molecule has 2 aromatic carbocycles. The molecule has 0 unspecified atom stereocenters. The van der Waals surface area contributed by atoms with Crippen LogP contribution in [0.5, 0.6) is 11.5 Å². The quantitative estimate of drug-likeness (QED) is 0.143. The second-order valence-electron chi connectivity index (χ2n) is 8.55. The highest BCUT2D eigenvalue weighted by molar-refractivity contribution is 5.91. The fourth-order valence-corrected chi connectivity index (χ4v) is 3.68. The summed E-state index contributed by atoms with van der Waals surface area (Å²) in [6.45, 7) is 4.96. The standard InChI is InChI=1S/C28H38F2O3/c1-3-5-7-9-11-13-21-32-24-18-15-23(16-19-24)28(31)33-25-20-17-22(26(29)27(25)30)14-12-10-8-6-4-2/h15-20H,3-14,21H2,1-2H3. The van der Waals surface area contributed by atoms with Gasteiger partial charge < -0.3 is 9.47 Å². The van der Waals surface area contributed by atoms with Crippen LogP contribution in [0, 0.1) is 11.6 Å². The summed E-state index contributed by atoms with van der Waals surface area (Å²) in [5, 5.41) is 0. The molecule has 0 radical (unpaired) electrons. The van der Waals surface area contributed by atoms with Gasteiger partial charge in [-0.2, -0.15) is 4.39 Å². The van der Waals surface area contributed by atoms with Crippen molar-refractivity contribution in [2.24, 2.45) is 0 Å². The molecule has 0 heterocycles. The van der Waals surface area contributed by atoms with Gasteiger partial charge in [0.15, 0.2) is 11.6 Å². The van der Waals surface area contributed by atoms with Gasteiger partial charge in [-0.3, -0.25) is 0 Å². The number of unbranched alkanes of at least 4 members (excludes halogenated alkanes) is 9. The Balaban J connectivity index is 1.82. The molecule has 0 fully saturated rings. The maximum absolute atomic E-state index is 14.4. The maximum atomic E-state index is 14.4.